The van der Waals surface area contributed by atoms with E-state index in [1.165, 1.54) is 25.5 Å². The smallest absolute Gasteiger partial charge is 0.273 e. The summed E-state index contributed by atoms with van der Waals surface area (Å²) >= 11 is 12.0. The summed E-state index contributed by atoms with van der Waals surface area (Å²) in [7, 11) is 3.08. The van der Waals surface area contributed by atoms with Gasteiger partial charge in [0.2, 0.25) is 0 Å². The molecule has 0 aliphatic heterocycles. The van der Waals surface area contributed by atoms with Crippen molar-refractivity contribution in [1.82, 2.24) is 5.43 Å². The molecule has 7 nitrogen and oxygen atoms in total. The average Bonchev–Trinajstić information content (AvgIpc) is 2.79. The number of anilines is 1. The van der Waals surface area contributed by atoms with Gasteiger partial charge in [-0.25, -0.2) is 5.43 Å². The molecule has 0 saturated carbocycles. The average molecular weight is 472 g/mol. The highest BCUT2D eigenvalue weighted by Crippen LogP contribution is 2.27. The number of carbonyl (C=O) groups is 2. The Balaban J connectivity index is 1.73. The monoisotopic (exact) mass is 471 g/mol. The first-order chi connectivity index (χ1) is 15.4. The number of hydrogen-bond acceptors (Lipinski definition) is 5. The fourth-order valence-corrected chi connectivity index (χ4v) is 3.31. The molecule has 0 aliphatic rings. The Morgan fingerprint density at radius 3 is 2.34 bits per heavy atom. The van der Waals surface area contributed by atoms with E-state index in [0.717, 1.165) is 0 Å². The number of rotatable bonds is 7. The molecule has 3 aromatic rings. The fraction of sp³-hybridized carbons (Fsp3) is 0.0870. The van der Waals surface area contributed by atoms with Crippen molar-refractivity contribution in [3.8, 4) is 11.5 Å². The number of nitrogens with one attached hydrogen (secondary N) is 2. The number of nitrogens with zero attached hydrogens (tertiary/aromatic N) is 1. The third-order valence-electron chi connectivity index (χ3n) is 4.38. The zero-order valence-electron chi connectivity index (χ0n) is 17.2. The molecular formula is C23H19Cl2N3O4. The standard InChI is InChI=1S/C23H19Cl2N3O4/c1-31-20-10-7-14(11-21(20)32-2)13-26-28-23(30)17-5-3-4-6-19(17)27-22(29)16-9-8-15(24)12-18(16)25/h3-13H,1-2H3,(H,27,29)(H,28,30)/b26-13-. The van der Waals surface area contributed by atoms with Crippen LogP contribution in [0.25, 0.3) is 0 Å². The van der Waals surface area contributed by atoms with E-state index in [0.29, 0.717) is 27.8 Å². The first kappa shape index (κ1) is 23.1. The summed E-state index contributed by atoms with van der Waals surface area (Å²) < 4.78 is 10.4. The highest BCUT2D eigenvalue weighted by Gasteiger charge is 2.16. The van der Waals surface area contributed by atoms with Crippen LogP contribution in [-0.4, -0.2) is 32.2 Å². The van der Waals surface area contributed by atoms with Crippen molar-refractivity contribution >= 4 is 46.9 Å². The van der Waals surface area contributed by atoms with Gasteiger partial charge in [-0.1, -0.05) is 35.3 Å². The lowest BCUT2D eigenvalue weighted by atomic mass is 10.1. The maximum atomic E-state index is 12.6. The number of ether oxygens (including phenoxy) is 2. The molecule has 9 heteroatoms. The lowest BCUT2D eigenvalue weighted by Gasteiger charge is -2.11. The topological polar surface area (TPSA) is 89.0 Å². The van der Waals surface area contributed by atoms with Crippen LogP contribution in [0.5, 0.6) is 11.5 Å². The van der Waals surface area contributed by atoms with Gasteiger partial charge in [0.15, 0.2) is 11.5 Å². The number of halogens is 2. The number of hydrazone groups is 1. The van der Waals surface area contributed by atoms with E-state index >= 15 is 0 Å². The minimum absolute atomic E-state index is 0.205. The number of para-hydroxylation sites is 1. The van der Waals surface area contributed by atoms with Crippen LogP contribution in [0.15, 0.2) is 65.8 Å². The summed E-state index contributed by atoms with van der Waals surface area (Å²) in [6.07, 6.45) is 1.47. The van der Waals surface area contributed by atoms with Gasteiger partial charge < -0.3 is 14.8 Å². The quantitative estimate of drug-likeness (QED) is 0.373. The maximum Gasteiger partial charge on any atom is 0.273 e. The third-order valence-corrected chi connectivity index (χ3v) is 4.93. The lowest BCUT2D eigenvalue weighted by Crippen LogP contribution is -2.21. The molecule has 0 fully saturated rings. The molecule has 3 aromatic carbocycles. The van der Waals surface area contributed by atoms with Gasteiger partial charge >= 0.3 is 0 Å². The lowest BCUT2D eigenvalue weighted by molar-refractivity contribution is 0.0956. The predicted octanol–water partition coefficient (Wildman–Crippen LogP) is 5.03. The highest BCUT2D eigenvalue weighted by atomic mass is 35.5. The van der Waals surface area contributed by atoms with Crippen LogP contribution < -0.4 is 20.2 Å². The Bertz CT molecular complexity index is 1180. The fourth-order valence-electron chi connectivity index (χ4n) is 2.81. The molecule has 0 bridgehead atoms. The van der Waals surface area contributed by atoms with Gasteiger partial charge in [-0.05, 0) is 54.1 Å². The molecule has 3 rings (SSSR count). The molecule has 0 atom stereocenters. The Hall–Kier alpha value is -3.55. The Kier molecular flexibility index (Phi) is 7.70. The first-order valence-corrected chi connectivity index (χ1v) is 10.1. The molecule has 0 saturated heterocycles. The van der Waals surface area contributed by atoms with Crippen LogP contribution in [0.2, 0.25) is 10.0 Å². The molecule has 164 valence electrons. The Labute approximate surface area is 194 Å². The molecule has 32 heavy (non-hydrogen) atoms. The summed E-state index contributed by atoms with van der Waals surface area (Å²) in [4.78, 5) is 25.3. The summed E-state index contributed by atoms with van der Waals surface area (Å²) in [5.41, 5.74) is 3.92. The minimum Gasteiger partial charge on any atom is -0.493 e. The van der Waals surface area contributed by atoms with Gasteiger partial charge in [0.1, 0.15) is 0 Å². The van der Waals surface area contributed by atoms with Crippen LogP contribution in [0.4, 0.5) is 5.69 Å². The summed E-state index contributed by atoms with van der Waals surface area (Å²) in [6.45, 7) is 0. The minimum atomic E-state index is -0.500. The van der Waals surface area contributed by atoms with Gasteiger partial charge in [0.25, 0.3) is 11.8 Å². The molecule has 0 aliphatic carbocycles. The van der Waals surface area contributed by atoms with Crippen molar-refractivity contribution in [3.05, 3.63) is 87.4 Å². The molecule has 0 unspecified atom stereocenters. The zero-order chi connectivity index (χ0) is 23.1. The van der Waals surface area contributed by atoms with Crippen LogP contribution in [0.1, 0.15) is 26.3 Å². The van der Waals surface area contributed by atoms with Gasteiger partial charge in [0.05, 0.1) is 42.3 Å². The number of hydrogen-bond donors (Lipinski definition) is 2. The molecule has 0 aromatic heterocycles. The normalized spacial score (nSPS) is 10.6. The molecule has 0 radical (unpaired) electrons. The summed E-state index contributed by atoms with van der Waals surface area (Å²) in [5, 5.41) is 7.30. The third kappa shape index (κ3) is 5.57. The maximum absolute atomic E-state index is 12.6. The number of methoxy groups -OCH3 is 2. The van der Waals surface area contributed by atoms with Crippen LogP contribution in [0, 0.1) is 0 Å². The van der Waals surface area contributed by atoms with Crippen molar-refractivity contribution in [3.63, 3.8) is 0 Å². The molecular weight excluding hydrogens is 453 g/mol. The van der Waals surface area contributed by atoms with Crippen molar-refractivity contribution < 1.29 is 19.1 Å². The van der Waals surface area contributed by atoms with Crippen molar-refractivity contribution in [2.75, 3.05) is 19.5 Å². The second-order valence-corrected chi connectivity index (χ2v) is 7.28. The highest BCUT2D eigenvalue weighted by molar-refractivity contribution is 6.37. The largest absolute Gasteiger partial charge is 0.493 e. The van der Waals surface area contributed by atoms with E-state index in [4.69, 9.17) is 32.7 Å². The Morgan fingerprint density at radius 1 is 0.875 bits per heavy atom. The second kappa shape index (κ2) is 10.7. The number of carbonyl (C=O) groups excluding carboxylic acids is 2. The van der Waals surface area contributed by atoms with Gasteiger partial charge in [-0.3, -0.25) is 9.59 Å². The van der Waals surface area contributed by atoms with E-state index in [1.54, 1.807) is 55.6 Å². The summed E-state index contributed by atoms with van der Waals surface area (Å²) in [5.74, 6) is 0.149. The summed E-state index contributed by atoms with van der Waals surface area (Å²) in [6, 6.07) is 16.3. The van der Waals surface area contributed by atoms with E-state index < -0.39 is 11.8 Å². The van der Waals surface area contributed by atoms with E-state index in [-0.39, 0.29) is 16.1 Å². The molecule has 2 amide bonds. The van der Waals surface area contributed by atoms with E-state index in [1.807, 2.05) is 0 Å². The van der Waals surface area contributed by atoms with Gasteiger partial charge in [0, 0.05) is 5.02 Å². The van der Waals surface area contributed by atoms with Crippen molar-refractivity contribution in [2.24, 2.45) is 5.10 Å². The Morgan fingerprint density at radius 2 is 1.62 bits per heavy atom. The van der Waals surface area contributed by atoms with Crippen molar-refractivity contribution in [2.45, 2.75) is 0 Å². The van der Waals surface area contributed by atoms with Crippen LogP contribution in [-0.2, 0) is 0 Å². The number of benzene rings is 3. The van der Waals surface area contributed by atoms with E-state index in [2.05, 4.69) is 15.8 Å². The molecule has 0 heterocycles. The molecule has 0 spiro atoms. The molecule has 2 N–H and O–H groups in total. The van der Waals surface area contributed by atoms with Gasteiger partial charge in [-0.15, -0.1) is 0 Å². The SMILES string of the molecule is COc1ccc(/C=N\NC(=O)c2ccccc2NC(=O)c2ccc(Cl)cc2Cl)cc1OC. The van der Waals surface area contributed by atoms with Crippen molar-refractivity contribution in [1.29, 1.82) is 0 Å². The number of amides is 2. The van der Waals surface area contributed by atoms with E-state index in [9.17, 15) is 9.59 Å². The predicted molar refractivity (Wildman–Crippen MR) is 125 cm³/mol. The zero-order valence-corrected chi connectivity index (χ0v) is 18.7. The van der Waals surface area contributed by atoms with Crippen LogP contribution >= 0.6 is 23.2 Å². The van der Waals surface area contributed by atoms with Gasteiger partial charge in [-0.2, -0.15) is 5.10 Å². The second-order valence-electron chi connectivity index (χ2n) is 6.44. The first-order valence-electron chi connectivity index (χ1n) is 9.33. The van der Waals surface area contributed by atoms with Crippen LogP contribution in [0.3, 0.4) is 0 Å².